The van der Waals surface area contributed by atoms with Gasteiger partial charge in [0.2, 0.25) is 0 Å². The minimum absolute atomic E-state index is 0.752. The number of aromatic nitrogens is 2. The monoisotopic (exact) mass is 222 g/mol. The molecule has 1 atom stereocenters. The zero-order valence-corrected chi connectivity index (χ0v) is 10.3. The molecule has 0 spiro atoms. The predicted molar refractivity (Wildman–Crippen MR) is 66.1 cm³/mol. The van der Waals surface area contributed by atoms with Crippen molar-refractivity contribution in [2.24, 2.45) is 5.92 Å². The van der Waals surface area contributed by atoms with Crippen molar-refractivity contribution in [3.05, 3.63) is 12.4 Å². The molecule has 16 heavy (non-hydrogen) atoms. The van der Waals surface area contributed by atoms with Gasteiger partial charge in [-0.25, -0.2) is 0 Å². The third kappa shape index (κ3) is 2.55. The SMILES string of the molecule is CC(C)C1CCCN1CCn1cc(N)cn1. The Kier molecular flexibility index (Phi) is 3.49. The maximum Gasteiger partial charge on any atom is 0.0719 e. The Morgan fingerprint density at radius 2 is 2.31 bits per heavy atom. The first-order valence-corrected chi connectivity index (χ1v) is 6.19. The summed E-state index contributed by atoms with van der Waals surface area (Å²) in [6.45, 7) is 7.90. The van der Waals surface area contributed by atoms with Gasteiger partial charge in [-0.2, -0.15) is 5.10 Å². The van der Waals surface area contributed by atoms with Crippen LogP contribution >= 0.6 is 0 Å². The number of nitrogens with zero attached hydrogens (tertiary/aromatic N) is 3. The molecule has 4 heteroatoms. The molecule has 90 valence electrons. The van der Waals surface area contributed by atoms with E-state index in [4.69, 9.17) is 5.73 Å². The summed E-state index contributed by atoms with van der Waals surface area (Å²) < 4.78 is 1.94. The molecular formula is C12H22N4. The van der Waals surface area contributed by atoms with Crippen molar-refractivity contribution < 1.29 is 0 Å². The van der Waals surface area contributed by atoms with E-state index in [1.807, 2.05) is 10.9 Å². The lowest BCUT2D eigenvalue weighted by Gasteiger charge is -2.27. The van der Waals surface area contributed by atoms with Gasteiger partial charge < -0.3 is 5.73 Å². The fraction of sp³-hybridized carbons (Fsp3) is 0.750. The van der Waals surface area contributed by atoms with E-state index in [2.05, 4.69) is 23.8 Å². The van der Waals surface area contributed by atoms with Gasteiger partial charge >= 0.3 is 0 Å². The number of hydrogen-bond acceptors (Lipinski definition) is 3. The van der Waals surface area contributed by atoms with Crippen LogP contribution < -0.4 is 5.73 Å². The fourth-order valence-corrected chi connectivity index (χ4v) is 2.62. The normalized spacial score (nSPS) is 22.1. The number of hydrogen-bond donors (Lipinski definition) is 1. The second kappa shape index (κ2) is 4.87. The molecule has 1 aromatic heterocycles. The average molecular weight is 222 g/mol. The van der Waals surface area contributed by atoms with Crippen LogP contribution in [0.3, 0.4) is 0 Å². The summed E-state index contributed by atoms with van der Waals surface area (Å²) in [5.41, 5.74) is 6.39. The van der Waals surface area contributed by atoms with E-state index in [1.54, 1.807) is 6.20 Å². The number of likely N-dealkylation sites (tertiary alicyclic amines) is 1. The van der Waals surface area contributed by atoms with Crippen molar-refractivity contribution >= 4 is 5.69 Å². The Morgan fingerprint density at radius 1 is 1.50 bits per heavy atom. The van der Waals surface area contributed by atoms with E-state index in [0.717, 1.165) is 30.7 Å². The van der Waals surface area contributed by atoms with Crippen LogP contribution in [0.1, 0.15) is 26.7 Å². The third-order valence-electron chi connectivity index (χ3n) is 3.45. The maximum atomic E-state index is 5.64. The lowest BCUT2D eigenvalue weighted by Crippen LogP contribution is -2.35. The van der Waals surface area contributed by atoms with Crippen molar-refractivity contribution in [3.8, 4) is 0 Å². The minimum Gasteiger partial charge on any atom is -0.396 e. The van der Waals surface area contributed by atoms with Crippen molar-refractivity contribution in [1.82, 2.24) is 14.7 Å². The van der Waals surface area contributed by atoms with Crippen LogP contribution in [0.25, 0.3) is 0 Å². The zero-order chi connectivity index (χ0) is 11.5. The van der Waals surface area contributed by atoms with E-state index >= 15 is 0 Å². The highest BCUT2D eigenvalue weighted by molar-refractivity contribution is 5.30. The van der Waals surface area contributed by atoms with Crippen LogP contribution in [0.2, 0.25) is 0 Å². The van der Waals surface area contributed by atoms with E-state index < -0.39 is 0 Å². The molecule has 1 saturated heterocycles. The Bertz CT molecular complexity index is 332. The largest absolute Gasteiger partial charge is 0.396 e. The van der Waals surface area contributed by atoms with Gasteiger partial charge in [0.15, 0.2) is 0 Å². The van der Waals surface area contributed by atoms with Gasteiger partial charge in [-0.3, -0.25) is 9.58 Å². The van der Waals surface area contributed by atoms with E-state index in [-0.39, 0.29) is 0 Å². The smallest absolute Gasteiger partial charge is 0.0719 e. The van der Waals surface area contributed by atoms with Gasteiger partial charge in [0.1, 0.15) is 0 Å². The molecular weight excluding hydrogens is 200 g/mol. The Morgan fingerprint density at radius 3 is 2.94 bits per heavy atom. The topological polar surface area (TPSA) is 47.1 Å². The second-order valence-corrected chi connectivity index (χ2v) is 5.03. The third-order valence-corrected chi connectivity index (χ3v) is 3.45. The Labute approximate surface area is 97.4 Å². The van der Waals surface area contributed by atoms with Gasteiger partial charge in [0.05, 0.1) is 18.4 Å². The summed E-state index contributed by atoms with van der Waals surface area (Å²) in [5, 5.41) is 4.21. The van der Waals surface area contributed by atoms with Gasteiger partial charge in [-0.15, -0.1) is 0 Å². The molecule has 2 heterocycles. The van der Waals surface area contributed by atoms with Crippen molar-refractivity contribution in [1.29, 1.82) is 0 Å². The van der Waals surface area contributed by atoms with Crippen LogP contribution in [-0.4, -0.2) is 33.8 Å². The predicted octanol–water partition coefficient (Wildman–Crippen LogP) is 1.59. The van der Waals surface area contributed by atoms with Crippen molar-refractivity contribution in [3.63, 3.8) is 0 Å². The minimum atomic E-state index is 0.752. The molecule has 4 nitrogen and oxygen atoms in total. The van der Waals surface area contributed by atoms with Crippen molar-refractivity contribution in [2.75, 3.05) is 18.8 Å². The van der Waals surface area contributed by atoms with Crippen LogP contribution in [0.15, 0.2) is 12.4 Å². The van der Waals surface area contributed by atoms with Gasteiger partial charge in [0.25, 0.3) is 0 Å². The first-order chi connectivity index (χ1) is 7.66. The quantitative estimate of drug-likeness (QED) is 0.841. The van der Waals surface area contributed by atoms with Crippen LogP contribution in [0.4, 0.5) is 5.69 Å². The number of anilines is 1. The van der Waals surface area contributed by atoms with Gasteiger partial charge in [-0.05, 0) is 25.3 Å². The van der Waals surface area contributed by atoms with E-state index in [9.17, 15) is 0 Å². The molecule has 0 aliphatic carbocycles. The highest BCUT2D eigenvalue weighted by Gasteiger charge is 2.26. The zero-order valence-electron chi connectivity index (χ0n) is 10.3. The molecule has 0 amide bonds. The van der Waals surface area contributed by atoms with Crippen molar-refractivity contribution in [2.45, 2.75) is 39.3 Å². The molecule has 1 aromatic rings. The van der Waals surface area contributed by atoms with Crippen LogP contribution in [-0.2, 0) is 6.54 Å². The first-order valence-electron chi connectivity index (χ1n) is 6.19. The highest BCUT2D eigenvalue weighted by Crippen LogP contribution is 2.23. The van der Waals surface area contributed by atoms with E-state index in [1.165, 1.54) is 19.4 Å². The highest BCUT2D eigenvalue weighted by atomic mass is 15.3. The summed E-state index contributed by atoms with van der Waals surface area (Å²) in [7, 11) is 0. The molecule has 1 fully saturated rings. The molecule has 1 aliphatic heterocycles. The second-order valence-electron chi connectivity index (χ2n) is 5.03. The molecule has 1 unspecified atom stereocenters. The van der Waals surface area contributed by atoms with Gasteiger partial charge in [-0.1, -0.05) is 13.8 Å². The van der Waals surface area contributed by atoms with Crippen LogP contribution in [0.5, 0.6) is 0 Å². The lowest BCUT2D eigenvalue weighted by molar-refractivity contribution is 0.197. The summed E-state index contributed by atoms with van der Waals surface area (Å²) in [4.78, 5) is 2.59. The van der Waals surface area contributed by atoms with Gasteiger partial charge in [0, 0.05) is 18.8 Å². The Hall–Kier alpha value is -1.03. The number of nitrogen functional groups attached to an aromatic ring is 1. The Balaban J connectivity index is 1.85. The summed E-state index contributed by atoms with van der Waals surface area (Å²) in [6.07, 6.45) is 6.30. The average Bonchev–Trinajstić information content (AvgIpc) is 2.83. The lowest BCUT2D eigenvalue weighted by atomic mass is 10.0. The summed E-state index contributed by atoms with van der Waals surface area (Å²) in [6, 6.07) is 0.757. The molecule has 1 aliphatic rings. The summed E-state index contributed by atoms with van der Waals surface area (Å²) in [5.74, 6) is 0.755. The van der Waals surface area contributed by atoms with Crippen LogP contribution in [0, 0.1) is 5.92 Å². The van der Waals surface area contributed by atoms with E-state index in [0.29, 0.717) is 0 Å². The first kappa shape index (κ1) is 11.5. The number of rotatable bonds is 4. The molecule has 2 rings (SSSR count). The fourth-order valence-electron chi connectivity index (χ4n) is 2.62. The molecule has 0 bridgehead atoms. The summed E-state index contributed by atoms with van der Waals surface area (Å²) >= 11 is 0. The molecule has 0 aromatic carbocycles. The molecule has 0 radical (unpaired) electrons. The standard InChI is InChI=1S/C12H22N4/c1-10(2)12-4-3-5-15(12)6-7-16-9-11(13)8-14-16/h8-10,12H,3-7,13H2,1-2H3. The number of nitrogens with two attached hydrogens (primary N) is 1. The maximum absolute atomic E-state index is 5.64. The molecule has 0 saturated carbocycles. The molecule has 2 N–H and O–H groups in total.